The molecule has 0 saturated carbocycles. The van der Waals surface area contributed by atoms with Crippen molar-refractivity contribution >= 4 is 10.2 Å². The first-order valence-electron chi connectivity index (χ1n) is 7.44. The van der Waals surface area contributed by atoms with Crippen molar-refractivity contribution in [1.29, 1.82) is 0 Å². The first kappa shape index (κ1) is 16.9. The van der Waals surface area contributed by atoms with Crippen LogP contribution in [0, 0.1) is 5.92 Å². The van der Waals surface area contributed by atoms with Crippen molar-refractivity contribution in [3.8, 4) is 0 Å². The average molecular weight is 291 g/mol. The average Bonchev–Trinajstić information content (AvgIpc) is 2.42. The van der Waals surface area contributed by atoms with Crippen molar-refractivity contribution in [3.63, 3.8) is 0 Å². The fourth-order valence-electron chi connectivity index (χ4n) is 2.45. The Labute approximate surface area is 118 Å². The molecule has 1 fully saturated rings. The summed E-state index contributed by atoms with van der Waals surface area (Å²) in [7, 11) is -1.60. The van der Waals surface area contributed by atoms with Crippen molar-refractivity contribution < 1.29 is 8.42 Å². The lowest BCUT2D eigenvalue weighted by Crippen LogP contribution is -2.46. The monoisotopic (exact) mass is 291 g/mol. The van der Waals surface area contributed by atoms with Gasteiger partial charge < -0.3 is 5.32 Å². The molecular weight excluding hydrogens is 262 g/mol. The van der Waals surface area contributed by atoms with Crippen molar-refractivity contribution in [2.24, 2.45) is 5.92 Å². The molecule has 1 N–H and O–H groups in total. The normalized spacial score (nSPS) is 21.2. The van der Waals surface area contributed by atoms with Gasteiger partial charge in [-0.1, -0.05) is 20.3 Å². The smallest absolute Gasteiger partial charge is 0.281 e. The third kappa shape index (κ3) is 5.02. The van der Waals surface area contributed by atoms with Crippen LogP contribution in [0.2, 0.25) is 0 Å². The minimum Gasteiger partial charge on any atom is -0.316 e. The zero-order valence-electron chi connectivity index (χ0n) is 12.6. The van der Waals surface area contributed by atoms with E-state index in [0.717, 1.165) is 38.8 Å². The Kier molecular flexibility index (Phi) is 7.28. The lowest BCUT2D eigenvalue weighted by molar-refractivity contribution is 0.283. The molecule has 1 rings (SSSR count). The summed E-state index contributed by atoms with van der Waals surface area (Å²) in [5.74, 6) is 0.447. The Morgan fingerprint density at radius 2 is 2.05 bits per heavy atom. The molecular formula is C13H29N3O2S. The second-order valence-corrected chi connectivity index (χ2v) is 7.38. The van der Waals surface area contributed by atoms with E-state index in [2.05, 4.69) is 12.2 Å². The Morgan fingerprint density at radius 3 is 2.58 bits per heavy atom. The molecule has 1 aliphatic heterocycles. The highest BCUT2D eigenvalue weighted by atomic mass is 32.2. The number of hydrogen-bond donors (Lipinski definition) is 1. The first-order chi connectivity index (χ1) is 9.02. The Balaban J connectivity index is 2.60. The van der Waals surface area contributed by atoms with Crippen LogP contribution in [0.3, 0.4) is 0 Å². The number of piperidine rings is 1. The van der Waals surface area contributed by atoms with Crippen molar-refractivity contribution in [1.82, 2.24) is 13.9 Å². The van der Waals surface area contributed by atoms with Crippen LogP contribution in [-0.4, -0.2) is 56.8 Å². The van der Waals surface area contributed by atoms with Gasteiger partial charge in [-0.05, 0) is 38.3 Å². The highest BCUT2D eigenvalue weighted by molar-refractivity contribution is 7.86. The minimum atomic E-state index is -3.28. The molecule has 0 radical (unpaired) electrons. The lowest BCUT2D eigenvalue weighted by Gasteiger charge is -2.31. The van der Waals surface area contributed by atoms with Crippen LogP contribution >= 0.6 is 0 Å². The zero-order chi connectivity index (χ0) is 14.3. The summed E-state index contributed by atoms with van der Waals surface area (Å²) in [5.41, 5.74) is 0. The van der Waals surface area contributed by atoms with Crippen LogP contribution in [0.1, 0.15) is 39.5 Å². The summed E-state index contributed by atoms with van der Waals surface area (Å²) in [6, 6.07) is 0. The van der Waals surface area contributed by atoms with Crippen LogP contribution in [0.5, 0.6) is 0 Å². The molecule has 6 heteroatoms. The van der Waals surface area contributed by atoms with Crippen molar-refractivity contribution in [2.75, 3.05) is 39.8 Å². The van der Waals surface area contributed by atoms with Crippen LogP contribution in [0.4, 0.5) is 0 Å². The minimum absolute atomic E-state index is 0.447. The highest BCUT2D eigenvalue weighted by Crippen LogP contribution is 2.15. The molecule has 0 spiro atoms. The second kappa shape index (κ2) is 8.19. The van der Waals surface area contributed by atoms with E-state index in [0.29, 0.717) is 25.6 Å². The zero-order valence-corrected chi connectivity index (χ0v) is 13.4. The predicted molar refractivity (Wildman–Crippen MR) is 79.3 cm³/mol. The molecule has 1 aliphatic rings. The molecule has 114 valence electrons. The van der Waals surface area contributed by atoms with Gasteiger partial charge in [0.25, 0.3) is 10.2 Å². The van der Waals surface area contributed by atoms with E-state index < -0.39 is 10.2 Å². The third-order valence-electron chi connectivity index (χ3n) is 3.76. The maximum atomic E-state index is 12.5. The van der Waals surface area contributed by atoms with Crippen LogP contribution in [0.15, 0.2) is 0 Å². The fourth-order valence-corrected chi connectivity index (χ4v) is 3.93. The summed E-state index contributed by atoms with van der Waals surface area (Å²) < 4.78 is 28.1. The van der Waals surface area contributed by atoms with E-state index in [9.17, 15) is 8.42 Å². The van der Waals surface area contributed by atoms with Gasteiger partial charge in [0.15, 0.2) is 0 Å². The Bertz CT molecular complexity index is 340. The van der Waals surface area contributed by atoms with Gasteiger partial charge in [0.2, 0.25) is 0 Å². The van der Waals surface area contributed by atoms with Gasteiger partial charge in [0.05, 0.1) is 0 Å². The summed E-state index contributed by atoms with van der Waals surface area (Å²) in [5, 5.41) is 3.34. The molecule has 1 saturated heterocycles. The van der Waals surface area contributed by atoms with Gasteiger partial charge in [0.1, 0.15) is 0 Å². The first-order valence-corrected chi connectivity index (χ1v) is 8.84. The molecule has 1 heterocycles. The van der Waals surface area contributed by atoms with Gasteiger partial charge in [-0.25, -0.2) is 0 Å². The van der Waals surface area contributed by atoms with E-state index in [4.69, 9.17) is 0 Å². The summed E-state index contributed by atoms with van der Waals surface area (Å²) in [6.07, 6.45) is 4.20. The van der Waals surface area contributed by atoms with Crippen LogP contribution < -0.4 is 5.32 Å². The second-order valence-electron chi connectivity index (χ2n) is 5.35. The number of rotatable bonds is 8. The number of nitrogens with zero attached hydrogens (tertiary/aromatic N) is 2. The van der Waals surface area contributed by atoms with Crippen LogP contribution in [-0.2, 0) is 10.2 Å². The number of hydrogen-bond acceptors (Lipinski definition) is 3. The van der Waals surface area contributed by atoms with E-state index >= 15 is 0 Å². The van der Waals surface area contributed by atoms with Gasteiger partial charge in [0, 0.05) is 26.7 Å². The quantitative estimate of drug-likeness (QED) is 0.733. The standard InChI is InChI=1S/C13H29N3O2S/c1-4-6-10-15(3)19(17,18)16(5-2)12-13-8-7-9-14-11-13/h13-14H,4-12H2,1-3H3. The molecule has 0 aromatic rings. The highest BCUT2D eigenvalue weighted by Gasteiger charge is 2.28. The van der Waals surface area contributed by atoms with Gasteiger partial charge in [-0.2, -0.15) is 17.0 Å². The number of nitrogens with one attached hydrogen (secondary N) is 1. The largest absolute Gasteiger partial charge is 0.316 e. The predicted octanol–water partition coefficient (Wildman–Crippen LogP) is 1.28. The van der Waals surface area contributed by atoms with Gasteiger partial charge >= 0.3 is 0 Å². The molecule has 0 aromatic heterocycles. The number of unbranched alkanes of at least 4 members (excludes halogenated alkanes) is 1. The molecule has 1 atom stereocenters. The molecule has 0 amide bonds. The Morgan fingerprint density at radius 1 is 1.32 bits per heavy atom. The fraction of sp³-hybridized carbons (Fsp3) is 1.00. The third-order valence-corrected chi connectivity index (χ3v) is 5.79. The van der Waals surface area contributed by atoms with Crippen LogP contribution in [0.25, 0.3) is 0 Å². The van der Waals surface area contributed by atoms with E-state index in [1.54, 1.807) is 11.4 Å². The maximum Gasteiger partial charge on any atom is 0.281 e. The molecule has 0 bridgehead atoms. The van der Waals surface area contributed by atoms with Gasteiger partial charge in [-0.3, -0.25) is 0 Å². The van der Waals surface area contributed by atoms with E-state index in [-0.39, 0.29) is 0 Å². The Hall–Kier alpha value is -0.170. The summed E-state index contributed by atoms with van der Waals surface area (Å²) in [4.78, 5) is 0. The van der Waals surface area contributed by atoms with E-state index in [1.165, 1.54) is 4.31 Å². The summed E-state index contributed by atoms with van der Waals surface area (Å²) >= 11 is 0. The van der Waals surface area contributed by atoms with Crippen molar-refractivity contribution in [3.05, 3.63) is 0 Å². The van der Waals surface area contributed by atoms with Crippen molar-refractivity contribution in [2.45, 2.75) is 39.5 Å². The SMILES string of the molecule is CCCCN(C)S(=O)(=O)N(CC)CC1CCCNC1. The van der Waals surface area contributed by atoms with E-state index in [1.807, 2.05) is 6.92 Å². The maximum absolute atomic E-state index is 12.5. The molecule has 1 unspecified atom stereocenters. The molecule has 0 aliphatic carbocycles. The topological polar surface area (TPSA) is 52.7 Å². The molecule has 5 nitrogen and oxygen atoms in total. The molecule has 19 heavy (non-hydrogen) atoms. The molecule has 0 aromatic carbocycles. The lowest BCUT2D eigenvalue weighted by atomic mass is 10.00. The summed E-state index contributed by atoms with van der Waals surface area (Å²) in [6.45, 7) is 7.79. The van der Waals surface area contributed by atoms with Gasteiger partial charge in [-0.15, -0.1) is 0 Å².